The number of halogens is 1. The Morgan fingerprint density at radius 3 is 2.76 bits per heavy atom. The summed E-state index contributed by atoms with van der Waals surface area (Å²) in [5, 5.41) is 17.8. The number of aromatic nitrogens is 5. The summed E-state index contributed by atoms with van der Waals surface area (Å²) in [6.45, 7) is 2.92. The van der Waals surface area contributed by atoms with Crippen LogP contribution in [-0.4, -0.2) is 37.8 Å². The van der Waals surface area contributed by atoms with E-state index < -0.39 is 0 Å². The largest absolute Gasteiger partial charge is 0.486 e. The SMILES string of the molecule is C[C@H](Nc1ncnc(N)c1C#N)c1cc2ncc(Cl)n2nc1-c1ccc2c(c1)OCCO2.S. The Balaban J connectivity index is 0.00000259. The molecule has 4 aromatic rings. The third-order valence-electron chi connectivity index (χ3n) is 5.10. The topological polar surface area (TPSA) is 136 Å². The van der Waals surface area contributed by atoms with Gasteiger partial charge in [-0.05, 0) is 31.2 Å². The first-order valence-electron chi connectivity index (χ1n) is 9.76. The molecule has 0 bridgehead atoms. The molecule has 0 unspecified atom stereocenters. The van der Waals surface area contributed by atoms with Crippen molar-refractivity contribution in [2.24, 2.45) is 0 Å². The minimum Gasteiger partial charge on any atom is -0.486 e. The van der Waals surface area contributed by atoms with Gasteiger partial charge in [0.1, 0.15) is 42.8 Å². The predicted molar refractivity (Wildman–Crippen MR) is 128 cm³/mol. The lowest BCUT2D eigenvalue weighted by Gasteiger charge is -2.21. The van der Waals surface area contributed by atoms with Gasteiger partial charge in [0, 0.05) is 11.1 Å². The van der Waals surface area contributed by atoms with Gasteiger partial charge < -0.3 is 20.5 Å². The second kappa shape index (κ2) is 9.01. The number of rotatable bonds is 4. The average Bonchev–Trinajstić information content (AvgIpc) is 3.18. The maximum Gasteiger partial charge on any atom is 0.162 e. The summed E-state index contributed by atoms with van der Waals surface area (Å²) in [4.78, 5) is 12.4. The fraction of sp³-hybridized carbons (Fsp3) is 0.190. The van der Waals surface area contributed by atoms with Gasteiger partial charge in [-0.2, -0.15) is 23.9 Å². The number of nitriles is 1. The van der Waals surface area contributed by atoms with Gasteiger partial charge in [-0.25, -0.2) is 19.5 Å². The molecule has 168 valence electrons. The van der Waals surface area contributed by atoms with Crippen LogP contribution >= 0.6 is 25.1 Å². The van der Waals surface area contributed by atoms with Crippen LogP contribution in [0.25, 0.3) is 16.9 Å². The zero-order valence-corrected chi connectivity index (χ0v) is 19.2. The zero-order valence-electron chi connectivity index (χ0n) is 17.4. The molecule has 0 fully saturated rings. The first-order valence-corrected chi connectivity index (χ1v) is 10.1. The molecule has 0 saturated carbocycles. The Labute approximate surface area is 200 Å². The second-order valence-electron chi connectivity index (χ2n) is 7.12. The Bertz CT molecular complexity index is 1390. The van der Waals surface area contributed by atoms with Crippen LogP contribution in [0, 0.1) is 11.3 Å². The standard InChI is InChI=1S/C21H17ClN8O2.H2S/c1-11(28-21-14(8-23)20(24)26-10-27-21)13-7-18-25-9-17(22)30(18)29-19(13)12-2-3-15-16(6-12)32-5-4-31-15;/h2-3,6-7,9-11H,4-5H2,1H3,(H3,24,26,27,28);1H2/t11-;/m0./s1. The van der Waals surface area contributed by atoms with Gasteiger partial charge in [0.05, 0.1) is 17.9 Å². The number of fused-ring (bicyclic) bond motifs is 2. The summed E-state index contributed by atoms with van der Waals surface area (Å²) in [7, 11) is 0. The summed E-state index contributed by atoms with van der Waals surface area (Å²) in [6, 6.07) is 9.26. The van der Waals surface area contributed by atoms with Gasteiger partial charge in [-0.1, -0.05) is 11.6 Å². The number of ether oxygens (including phenoxy) is 2. The van der Waals surface area contributed by atoms with Crippen molar-refractivity contribution in [3.63, 3.8) is 0 Å². The van der Waals surface area contributed by atoms with Crippen LogP contribution in [0.4, 0.5) is 11.6 Å². The summed E-state index contributed by atoms with van der Waals surface area (Å²) in [6.07, 6.45) is 2.85. The van der Waals surface area contributed by atoms with Crippen LogP contribution in [0.15, 0.2) is 36.8 Å². The molecule has 1 aromatic carbocycles. The number of anilines is 2. The molecule has 0 amide bonds. The highest BCUT2D eigenvalue weighted by atomic mass is 35.5. The highest BCUT2D eigenvalue weighted by molar-refractivity contribution is 7.59. The molecule has 0 radical (unpaired) electrons. The van der Waals surface area contributed by atoms with Gasteiger partial charge in [0.15, 0.2) is 22.3 Å². The molecule has 10 nitrogen and oxygen atoms in total. The number of benzene rings is 1. The molecular weight excluding hydrogens is 464 g/mol. The summed E-state index contributed by atoms with van der Waals surface area (Å²) in [5.74, 6) is 1.78. The molecule has 0 aliphatic carbocycles. The van der Waals surface area contributed by atoms with Crippen molar-refractivity contribution >= 4 is 42.4 Å². The minimum absolute atomic E-state index is 0. The van der Waals surface area contributed by atoms with E-state index in [4.69, 9.17) is 31.9 Å². The molecule has 0 spiro atoms. The molecule has 1 aliphatic rings. The number of nitrogens with two attached hydrogens (primary N) is 1. The Morgan fingerprint density at radius 1 is 1.18 bits per heavy atom. The molecule has 3 aromatic heterocycles. The van der Waals surface area contributed by atoms with Gasteiger partial charge in [0.25, 0.3) is 0 Å². The Hall–Kier alpha value is -3.75. The second-order valence-corrected chi connectivity index (χ2v) is 7.51. The van der Waals surface area contributed by atoms with Crippen LogP contribution in [0.3, 0.4) is 0 Å². The normalized spacial score (nSPS) is 13.1. The van der Waals surface area contributed by atoms with Crippen molar-refractivity contribution in [1.29, 1.82) is 5.26 Å². The molecule has 12 heteroatoms. The average molecular weight is 483 g/mol. The molecule has 1 atom stereocenters. The maximum atomic E-state index is 9.46. The molecule has 0 saturated heterocycles. The molecule has 3 N–H and O–H groups in total. The first-order chi connectivity index (χ1) is 15.5. The molecular formula is C21H19ClN8O2S. The van der Waals surface area contributed by atoms with Crippen molar-refractivity contribution in [3.8, 4) is 28.8 Å². The van der Waals surface area contributed by atoms with E-state index in [-0.39, 0.29) is 30.9 Å². The Kier molecular flexibility index (Phi) is 6.13. The van der Waals surface area contributed by atoms with Gasteiger partial charge >= 0.3 is 0 Å². The van der Waals surface area contributed by atoms with Crippen LogP contribution in [0.1, 0.15) is 24.1 Å². The minimum atomic E-state index is -0.312. The molecule has 1 aliphatic heterocycles. The lowest BCUT2D eigenvalue weighted by atomic mass is 10.0. The summed E-state index contributed by atoms with van der Waals surface area (Å²) >= 11 is 6.28. The van der Waals surface area contributed by atoms with E-state index >= 15 is 0 Å². The van der Waals surface area contributed by atoms with Crippen LogP contribution < -0.4 is 20.5 Å². The van der Waals surface area contributed by atoms with E-state index in [2.05, 4.69) is 20.3 Å². The lowest BCUT2D eigenvalue weighted by molar-refractivity contribution is 0.171. The van der Waals surface area contributed by atoms with Crippen molar-refractivity contribution in [2.75, 3.05) is 24.3 Å². The zero-order chi connectivity index (χ0) is 22.2. The summed E-state index contributed by atoms with van der Waals surface area (Å²) in [5.41, 5.74) is 8.89. The fourth-order valence-corrected chi connectivity index (χ4v) is 3.72. The third kappa shape index (κ3) is 4.06. The van der Waals surface area contributed by atoms with Crippen LogP contribution in [-0.2, 0) is 0 Å². The highest BCUT2D eigenvalue weighted by Gasteiger charge is 2.21. The number of hydrogen-bond acceptors (Lipinski definition) is 9. The van der Waals surface area contributed by atoms with Crippen molar-refractivity contribution in [2.45, 2.75) is 13.0 Å². The molecule has 5 rings (SSSR count). The monoisotopic (exact) mass is 482 g/mol. The van der Waals surface area contributed by atoms with Gasteiger partial charge in [-0.3, -0.25) is 0 Å². The highest BCUT2D eigenvalue weighted by Crippen LogP contribution is 2.37. The summed E-state index contributed by atoms with van der Waals surface area (Å²) < 4.78 is 12.9. The number of hydrogen-bond donors (Lipinski definition) is 2. The van der Waals surface area contributed by atoms with E-state index in [9.17, 15) is 5.26 Å². The smallest absolute Gasteiger partial charge is 0.162 e. The fourth-order valence-electron chi connectivity index (χ4n) is 3.55. The maximum absolute atomic E-state index is 9.46. The number of nitrogen functional groups attached to an aromatic ring is 1. The van der Waals surface area contributed by atoms with E-state index in [1.54, 1.807) is 4.52 Å². The first kappa shape index (κ1) is 22.4. The predicted octanol–water partition coefficient (Wildman–Crippen LogP) is 3.35. The quantitative estimate of drug-likeness (QED) is 0.448. The van der Waals surface area contributed by atoms with Crippen molar-refractivity contribution in [3.05, 3.63) is 53.1 Å². The molecule has 4 heterocycles. The van der Waals surface area contributed by atoms with Gasteiger partial charge in [-0.15, -0.1) is 0 Å². The van der Waals surface area contributed by atoms with Crippen molar-refractivity contribution in [1.82, 2.24) is 24.6 Å². The third-order valence-corrected chi connectivity index (χ3v) is 5.36. The number of nitrogens with zero attached hydrogens (tertiary/aromatic N) is 6. The number of imidazole rings is 1. The van der Waals surface area contributed by atoms with Crippen molar-refractivity contribution < 1.29 is 9.47 Å². The van der Waals surface area contributed by atoms with E-state index in [1.807, 2.05) is 37.3 Å². The van der Waals surface area contributed by atoms with Crippen LogP contribution in [0.5, 0.6) is 11.5 Å². The van der Waals surface area contributed by atoms with Crippen LogP contribution in [0.2, 0.25) is 5.15 Å². The van der Waals surface area contributed by atoms with Gasteiger partial charge in [0.2, 0.25) is 0 Å². The van der Waals surface area contributed by atoms with E-state index in [1.165, 1.54) is 12.5 Å². The molecule has 33 heavy (non-hydrogen) atoms. The van der Waals surface area contributed by atoms with E-state index in [0.717, 1.165) is 11.1 Å². The Morgan fingerprint density at radius 2 is 1.97 bits per heavy atom. The lowest BCUT2D eigenvalue weighted by Crippen LogP contribution is -2.16. The van der Waals surface area contributed by atoms with E-state index in [0.29, 0.717) is 47.0 Å². The number of nitrogens with one attached hydrogen (secondary N) is 1.